The molecule has 7 heteroatoms. The molecule has 1 heterocycles. The molecule has 27 heavy (non-hydrogen) atoms. The first-order chi connectivity index (χ1) is 12.8. The van der Waals surface area contributed by atoms with Gasteiger partial charge in [0.05, 0.1) is 7.11 Å². The van der Waals surface area contributed by atoms with Crippen LogP contribution < -0.4 is 10.5 Å². The zero-order valence-corrected chi connectivity index (χ0v) is 15.8. The molecule has 0 radical (unpaired) electrons. The number of phenols is 1. The van der Waals surface area contributed by atoms with E-state index in [-0.39, 0.29) is 24.3 Å². The molecular formula is C20H25NO6. The fourth-order valence-corrected chi connectivity index (χ4v) is 2.96. The molecule has 0 fully saturated rings. The summed E-state index contributed by atoms with van der Waals surface area (Å²) in [6, 6.07) is 0. The van der Waals surface area contributed by atoms with E-state index >= 15 is 0 Å². The largest absolute Gasteiger partial charge is 0.507 e. The van der Waals surface area contributed by atoms with Gasteiger partial charge in [-0.25, -0.2) is 4.79 Å². The maximum atomic E-state index is 11.9. The Morgan fingerprint density at radius 3 is 2.78 bits per heavy atom. The van der Waals surface area contributed by atoms with Crippen molar-refractivity contribution in [1.29, 1.82) is 0 Å². The molecule has 3 N–H and O–H groups in total. The number of hydrogen-bond acceptors (Lipinski definition) is 7. The van der Waals surface area contributed by atoms with Gasteiger partial charge in [0, 0.05) is 17.5 Å². The third kappa shape index (κ3) is 4.49. The van der Waals surface area contributed by atoms with E-state index in [9.17, 15) is 14.7 Å². The Balaban J connectivity index is 2.15. The van der Waals surface area contributed by atoms with Crippen molar-refractivity contribution >= 4 is 11.9 Å². The molecule has 1 atom stereocenters. The molecule has 0 aromatic heterocycles. The van der Waals surface area contributed by atoms with Crippen LogP contribution in [0.15, 0.2) is 24.3 Å². The fraction of sp³-hybridized carbons (Fsp3) is 0.400. The molecule has 1 aromatic carbocycles. The van der Waals surface area contributed by atoms with Crippen molar-refractivity contribution < 1.29 is 28.9 Å². The van der Waals surface area contributed by atoms with Crippen LogP contribution in [0.4, 0.5) is 0 Å². The molecule has 0 saturated heterocycles. The van der Waals surface area contributed by atoms with Crippen molar-refractivity contribution in [3.05, 3.63) is 46.6 Å². The maximum Gasteiger partial charge on any atom is 0.342 e. The van der Waals surface area contributed by atoms with E-state index in [1.54, 1.807) is 0 Å². The van der Waals surface area contributed by atoms with Crippen LogP contribution in [-0.2, 0) is 27.3 Å². The minimum atomic E-state index is -0.808. The molecule has 1 unspecified atom stereocenters. The Kier molecular flexibility index (Phi) is 6.63. The summed E-state index contributed by atoms with van der Waals surface area (Å²) in [6.07, 6.45) is 3.43. The molecule has 0 amide bonds. The topological polar surface area (TPSA) is 108 Å². The molecule has 2 rings (SSSR count). The number of benzene rings is 1. The Hall–Kier alpha value is -2.80. The molecule has 0 aliphatic carbocycles. The summed E-state index contributed by atoms with van der Waals surface area (Å²) in [6.45, 7) is 7.29. The average Bonchev–Trinajstić information content (AvgIpc) is 3.03. The van der Waals surface area contributed by atoms with Crippen LogP contribution in [-0.4, -0.2) is 30.4 Å². The molecule has 0 bridgehead atoms. The smallest absolute Gasteiger partial charge is 0.342 e. The Bertz CT molecular complexity index is 796. The van der Waals surface area contributed by atoms with Crippen molar-refractivity contribution in [2.45, 2.75) is 45.9 Å². The highest BCUT2D eigenvalue weighted by atomic mass is 16.6. The summed E-state index contributed by atoms with van der Waals surface area (Å²) in [7, 11) is 1.52. The van der Waals surface area contributed by atoms with Crippen molar-refractivity contribution in [2.75, 3.05) is 7.11 Å². The lowest BCUT2D eigenvalue weighted by Gasteiger charge is -2.15. The summed E-state index contributed by atoms with van der Waals surface area (Å²) >= 11 is 0. The fourth-order valence-electron chi connectivity index (χ4n) is 2.96. The van der Waals surface area contributed by atoms with Gasteiger partial charge < -0.3 is 19.3 Å². The summed E-state index contributed by atoms with van der Waals surface area (Å²) in [5.74, 6) is -0.525. The minimum absolute atomic E-state index is 0.115. The second kappa shape index (κ2) is 8.73. The van der Waals surface area contributed by atoms with Gasteiger partial charge in [0.15, 0.2) is 6.23 Å². The number of cyclic esters (lactones) is 1. The number of nitrogens with two attached hydrogens (primary N) is 1. The number of carbonyl (C=O) groups excluding carboxylic acids is 2. The van der Waals surface area contributed by atoms with Gasteiger partial charge in [-0.3, -0.25) is 10.5 Å². The third-order valence-electron chi connectivity index (χ3n) is 4.53. The highest BCUT2D eigenvalue weighted by molar-refractivity contribution is 5.98. The first-order valence-electron chi connectivity index (χ1n) is 8.61. The number of fused-ring (bicyclic) bond motifs is 1. The number of allylic oxidation sites excluding steroid dienone is 2. The summed E-state index contributed by atoms with van der Waals surface area (Å²) < 4.78 is 15.4. The quantitative estimate of drug-likeness (QED) is 0.408. The number of rotatable bonds is 8. The van der Waals surface area contributed by atoms with Crippen LogP contribution >= 0.6 is 0 Å². The second-order valence-electron chi connectivity index (χ2n) is 6.36. The van der Waals surface area contributed by atoms with Crippen molar-refractivity contribution in [2.24, 2.45) is 5.73 Å². The van der Waals surface area contributed by atoms with Crippen LogP contribution in [0.5, 0.6) is 11.5 Å². The zero-order valence-electron chi connectivity index (χ0n) is 15.8. The Morgan fingerprint density at radius 2 is 2.15 bits per heavy atom. The van der Waals surface area contributed by atoms with Crippen LogP contribution in [0.3, 0.4) is 0 Å². The summed E-state index contributed by atoms with van der Waals surface area (Å²) in [5.41, 5.74) is 8.56. The molecule has 7 nitrogen and oxygen atoms in total. The molecule has 1 aromatic rings. The molecule has 0 spiro atoms. The second-order valence-corrected chi connectivity index (χ2v) is 6.36. The Labute approximate surface area is 158 Å². The van der Waals surface area contributed by atoms with Gasteiger partial charge in [0.1, 0.15) is 23.7 Å². The molecule has 1 aliphatic heterocycles. The molecule has 1 aliphatic rings. The van der Waals surface area contributed by atoms with E-state index in [0.717, 1.165) is 11.1 Å². The van der Waals surface area contributed by atoms with E-state index in [0.29, 0.717) is 29.7 Å². The van der Waals surface area contributed by atoms with E-state index in [2.05, 4.69) is 6.58 Å². The van der Waals surface area contributed by atoms with Gasteiger partial charge in [-0.05, 0) is 38.3 Å². The van der Waals surface area contributed by atoms with Crippen LogP contribution in [0.1, 0.15) is 46.8 Å². The predicted molar refractivity (Wildman–Crippen MR) is 99.5 cm³/mol. The number of hydrogen-bond donors (Lipinski definition) is 2. The monoisotopic (exact) mass is 375 g/mol. The molecular weight excluding hydrogens is 350 g/mol. The molecule has 146 valence electrons. The lowest BCUT2D eigenvalue weighted by Crippen LogP contribution is -2.24. The standard InChI is InChI=1S/C20H25NO6/c1-5-15(21)27-16(22)9-7-11(2)6-8-13-18(23)17-14(10-26-20(17)24)12(3)19(13)25-4/h5-6,15,23H,1,7-10,21H2,2-4H3/b11-6+. The van der Waals surface area contributed by atoms with Gasteiger partial charge in [-0.1, -0.05) is 18.2 Å². The zero-order chi connectivity index (χ0) is 20.1. The van der Waals surface area contributed by atoms with E-state index in [4.69, 9.17) is 19.9 Å². The molecule has 0 saturated carbocycles. The van der Waals surface area contributed by atoms with Gasteiger partial charge in [-0.15, -0.1) is 0 Å². The van der Waals surface area contributed by atoms with Crippen LogP contribution in [0.2, 0.25) is 0 Å². The average molecular weight is 375 g/mol. The van der Waals surface area contributed by atoms with Gasteiger partial charge >= 0.3 is 11.9 Å². The highest BCUT2D eigenvalue weighted by Crippen LogP contribution is 2.42. The van der Waals surface area contributed by atoms with Gasteiger partial charge in [0.25, 0.3) is 0 Å². The lowest BCUT2D eigenvalue weighted by molar-refractivity contribution is -0.146. The SMILES string of the molecule is C=CC(N)OC(=O)CC/C(C)=C/Cc1c(O)c2c(c(C)c1OC)COC2=O. The van der Waals surface area contributed by atoms with E-state index in [1.807, 2.05) is 19.9 Å². The number of esters is 2. The van der Waals surface area contributed by atoms with Gasteiger partial charge in [-0.2, -0.15) is 0 Å². The highest BCUT2D eigenvalue weighted by Gasteiger charge is 2.31. The van der Waals surface area contributed by atoms with E-state index < -0.39 is 18.2 Å². The number of methoxy groups -OCH3 is 1. The van der Waals surface area contributed by atoms with Crippen molar-refractivity contribution in [3.8, 4) is 11.5 Å². The number of carbonyl (C=O) groups is 2. The van der Waals surface area contributed by atoms with E-state index in [1.165, 1.54) is 13.2 Å². The van der Waals surface area contributed by atoms with Crippen LogP contribution in [0.25, 0.3) is 0 Å². The summed E-state index contributed by atoms with van der Waals surface area (Å²) in [4.78, 5) is 23.6. The first kappa shape index (κ1) is 20.5. The number of phenolic OH excluding ortho intramolecular Hbond substituents is 1. The summed E-state index contributed by atoms with van der Waals surface area (Å²) in [5, 5.41) is 10.6. The number of aromatic hydroxyl groups is 1. The van der Waals surface area contributed by atoms with Gasteiger partial charge in [0.2, 0.25) is 0 Å². The minimum Gasteiger partial charge on any atom is -0.507 e. The van der Waals surface area contributed by atoms with Crippen molar-refractivity contribution in [3.63, 3.8) is 0 Å². The maximum absolute atomic E-state index is 11.9. The normalized spacial score (nSPS) is 14.4. The number of ether oxygens (including phenoxy) is 3. The van der Waals surface area contributed by atoms with Crippen LogP contribution in [0, 0.1) is 6.92 Å². The third-order valence-corrected chi connectivity index (χ3v) is 4.53. The Morgan fingerprint density at radius 1 is 1.44 bits per heavy atom. The lowest BCUT2D eigenvalue weighted by atomic mass is 9.94. The first-order valence-corrected chi connectivity index (χ1v) is 8.61. The predicted octanol–water partition coefficient (Wildman–Crippen LogP) is 2.66. The van der Waals surface area contributed by atoms with Crippen molar-refractivity contribution in [1.82, 2.24) is 0 Å².